The number of carbonyl (C=O) groups is 2. The van der Waals surface area contributed by atoms with Crippen LogP contribution in [0.1, 0.15) is 37.7 Å². The summed E-state index contributed by atoms with van der Waals surface area (Å²) in [6.45, 7) is 0. The molecule has 1 N–H and O–H groups in total. The number of cyclic esters (lactones) is 1. The molecule has 0 bridgehead atoms. The van der Waals surface area contributed by atoms with Crippen LogP contribution in [0.5, 0.6) is 5.75 Å². The lowest BCUT2D eigenvalue weighted by atomic mass is 9.81. The molecule has 5 rings (SSSR count). The van der Waals surface area contributed by atoms with Crippen LogP contribution < -0.4 is 4.90 Å². The summed E-state index contributed by atoms with van der Waals surface area (Å²) in [4.78, 5) is 29.4. The van der Waals surface area contributed by atoms with Crippen molar-refractivity contribution in [1.82, 2.24) is 0 Å². The highest BCUT2D eigenvalue weighted by atomic mass is 16.5. The first kappa shape index (κ1) is 23.2. The quantitative estimate of drug-likeness (QED) is 0.348. The van der Waals surface area contributed by atoms with Gasteiger partial charge in [-0.1, -0.05) is 61.4 Å². The second-order valence-corrected chi connectivity index (χ2v) is 9.59. The van der Waals surface area contributed by atoms with E-state index in [0.717, 1.165) is 42.6 Å². The minimum Gasteiger partial charge on any atom is -0.508 e. The fourth-order valence-corrected chi connectivity index (χ4v) is 5.56. The van der Waals surface area contributed by atoms with Crippen molar-refractivity contribution in [2.75, 3.05) is 4.90 Å². The monoisotopic (exact) mass is 469 g/mol. The maximum Gasteiger partial charge on any atom is 0.316 e. The normalized spacial score (nSPS) is 22.7. The first-order valence-corrected chi connectivity index (χ1v) is 12.5. The van der Waals surface area contributed by atoms with E-state index in [1.165, 1.54) is 0 Å². The highest BCUT2D eigenvalue weighted by Crippen LogP contribution is 2.40. The van der Waals surface area contributed by atoms with Crippen LogP contribution in [0.15, 0.2) is 84.9 Å². The van der Waals surface area contributed by atoms with E-state index in [2.05, 4.69) is 4.90 Å². The minimum atomic E-state index is -0.818. The average molecular weight is 470 g/mol. The fraction of sp³-hybridized carbons (Fsp3) is 0.333. The van der Waals surface area contributed by atoms with Gasteiger partial charge in [-0.25, -0.2) is 0 Å². The van der Waals surface area contributed by atoms with Crippen LogP contribution in [-0.2, 0) is 20.7 Å². The van der Waals surface area contributed by atoms with Crippen LogP contribution in [0.3, 0.4) is 0 Å². The number of nitrogens with zero attached hydrogens (tertiary/aromatic N) is 1. The van der Waals surface area contributed by atoms with Crippen LogP contribution in [0.2, 0.25) is 0 Å². The number of rotatable bonds is 7. The van der Waals surface area contributed by atoms with Gasteiger partial charge < -0.3 is 14.7 Å². The largest absolute Gasteiger partial charge is 0.508 e. The lowest BCUT2D eigenvalue weighted by molar-refractivity contribution is -0.170. The van der Waals surface area contributed by atoms with Crippen LogP contribution in [-0.4, -0.2) is 29.0 Å². The van der Waals surface area contributed by atoms with E-state index in [-0.39, 0.29) is 17.5 Å². The van der Waals surface area contributed by atoms with Crippen LogP contribution in [0, 0.1) is 11.8 Å². The third-order valence-electron chi connectivity index (χ3n) is 7.35. The molecule has 2 aliphatic rings. The Morgan fingerprint density at radius 2 is 1.37 bits per heavy atom. The molecule has 1 saturated heterocycles. The molecular formula is C30H31NO4. The molecule has 3 unspecified atom stereocenters. The summed E-state index contributed by atoms with van der Waals surface area (Å²) in [7, 11) is 0. The number of phenolic OH excluding ortho intramolecular Hbond substituents is 1. The molecule has 3 aromatic carbocycles. The van der Waals surface area contributed by atoms with Crippen molar-refractivity contribution in [2.45, 2.75) is 50.7 Å². The SMILES string of the molecule is O=C1OC(C2CCCC2)C(N(c2ccccc2)c2ccccc2)C(=O)C1CCc1ccc(O)cc1. The molecule has 1 aliphatic heterocycles. The molecule has 180 valence electrons. The van der Waals surface area contributed by atoms with Gasteiger partial charge in [0.25, 0.3) is 0 Å². The second-order valence-electron chi connectivity index (χ2n) is 9.59. The lowest BCUT2D eigenvalue weighted by Crippen LogP contribution is -2.59. The number of carbonyl (C=O) groups excluding carboxylic acids is 2. The van der Waals surface area contributed by atoms with Crippen LogP contribution >= 0.6 is 0 Å². The number of hydrogen-bond donors (Lipinski definition) is 1. The van der Waals surface area contributed by atoms with Gasteiger partial charge in [0, 0.05) is 11.4 Å². The third kappa shape index (κ3) is 4.95. The Hall–Kier alpha value is -3.60. The Balaban J connectivity index is 1.51. The molecule has 0 aromatic heterocycles. The summed E-state index contributed by atoms with van der Waals surface area (Å²) in [6.07, 6.45) is 4.61. The smallest absolute Gasteiger partial charge is 0.316 e. The van der Waals surface area contributed by atoms with Crippen molar-refractivity contribution in [2.24, 2.45) is 11.8 Å². The van der Waals surface area contributed by atoms with Gasteiger partial charge >= 0.3 is 5.97 Å². The third-order valence-corrected chi connectivity index (χ3v) is 7.35. The molecule has 0 amide bonds. The summed E-state index contributed by atoms with van der Waals surface area (Å²) in [5.74, 6) is -0.905. The van der Waals surface area contributed by atoms with Gasteiger partial charge in [0.1, 0.15) is 23.8 Å². The van der Waals surface area contributed by atoms with E-state index in [4.69, 9.17) is 4.74 Å². The van der Waals surface area contributed by atoms with Gasteiger partial charge in [-0.15, -0.1) is 0 Å². The van der Waals surface area contributed by atoms with Gasteiger partial charge in [-0.3, -0.25) is 9.59 Å². The molecule has 35 heavy (non-hydrogen) atoms. The van der Waals surface area contributed by atoms with Gasteiger partial charge in [0.15, 0.2) is 5.78 Å². The molecule has 1 saturated carbocycles. The molecule has 5 heteroatoms. The first-order chi connectivity index (χ1) is 17.1. The molecule has 2 fully saturated rings. The Morgan fingerprint density at radius 3 is 1.94 bits per heavy atom. The van der Waals surface area contributed by atoms with Crippen molar-refractivity contribution < 1.29 is 19.4 Å². The zero-order chi connectivity index (χ0) is 24.2. The van der Waals surface area contributed by atoms with Crippen LogP contribution in [0.25, 0.3) is 0 Å². The molecule has 0 radical (unpaired) electrons. The molecule has 3 atom stereocenters. The van der Waals surface area contributed by atoms with Crippen LogP contribution in [0.4, 0.5) is 11.4 Å². The molecule has 0 spiro atoms. The molecule has 5 nitrogen and oxygen atoms in total. The Kier molecular flexibility index (Phi) is 6.84. The lowest BCUT2D eigenvalue weighted by Gasteiger charge is -2.44. The maximum atomic E-state index is 14.2. The number of ketones is 1. The highest BCUT2D eigenvalue weighted by molar-refractivity contribution is 6.06. The Labute approximate surface area is 206 Å². The number of anilines is 2. The standard InChI is InChI=1S/C30H31NO4/c32-25-18-15-21(16-19-25)17-20-26-28(33)27(29(35-30(26)34)22-9-7-8-10-22)31(23-11-3-1-4-12-23)24-13-5-2-6-14-24/h1-6,11-16,18-19,22,26-27,29,32H,7-10,17,20H2. The number of benzene rings is 3. The fourth-order valence-electron chi connectivity index (χ4n) is 5.56. The predicted molar refractivity (Wildman–Crippen MR) is 136 cm³/mol. The van der Waals surface area contributed by atoms with Gasteiger partial charge in [-0.05, 0) is 73.6 Å². The zero-order valence-electron chi connectivity index (χ0n) is 19.8. The topological polar surface area (TPSA) is 66.8 Å². The number of hydrogen-bond acceptors (Lipinski definition) is 5. The summed E-state index contributed by atoms with van der Waals surface area (Å²) < 4.78 is 6.16. The minimum absolute atomic E-state index is 0.0652. The van der Waals surface area contributed by atoms with Gasteiger partial charge in [-0.2, -0.15) is 0 Å². The maximum absolute atomic E-state index is 14.2. The number of ether oxygens (including phenoxy) is 1. The Morgan fingerprint density at radius 1 is 0.800 bits per heavy atom. The highest BCUT2D eigenvalue weighted by Gasteiger charge is 2.50. The van der Waals surface area contributed by atoms with E-state index in [1.54, 1.807) is 12.1 Å². The van der Waals surface area contributed by atoms with E-state index in [9.17, 15) is 14.7 Å². The van der Waals surface area contributed by atoms with E-state index in [1.807, 2.05) is 72.8 Å². The van der Waals surface area contributed by atoms with Gasteiger partial charge in [0.2, 0.25) is 0 Å². The average Bonchev–Trinajstić information content (AvgIpc) is 3.43. The van der Waals surface area contributed by atoms with Crippen molar-refractivity contribution in [1.29, 1.82) is 0 Å². The number of aryl methyl sites for hydroxylation is 1. The number of para-hydroxylation sites is 2. The zero-order valence-corrected chi connectivity index (χ0v) is 19.8. The Bertz CT molecular complexity index is 1100. The van der Waals surface area contributed by atoms with E-state index < -0.39 is 24.0 Å². The van der Waals surface area contributed by atoms with Crippen molar-refractivity contribution in [3.05, 3.63) is 90.5 Å². The molecule has 1 aliphatic carbocycles. The number of Topliss-reactive ketones (excluding diaryl/α,β-unsaturated/α-hetero) is 1. The van der Waals surface area contributed by atoms with E-state index >= 15 is 0 Å². The number of aromatic hydroxyl groups is 1. The summed E-state index contributed by atoms with van der Waals surface area (Å²) in [5.41, 5.74) is 2.80. The summed E-state index contributed by atoms with van der Waals surface area (Å²) in [5, 5.41) is 9.57. The summed E-state index contributed by atoms with van der Waals surface area (Å²) >= 11 is 0. The van der Waals surface area contributed by atoms with Crippen molar-refractivity contribution in [3.8, 4) is 5.75 Å². The van der Waals surface area contributed by atoms with E-state index in [0.29, 0.717) is 12.8 Å². The number of esters is 1. The van der Waals surface area contributed by atoms with Crippen molar-refractivity contribution in [3.63, 3.8) is 0 Å². The summed E-state index contributed by atoms with van der Waals surface area (Å²) in [6, 6.07) is 26.2. The number of phenols is 1. The second kappa shape index (κ2) is 10.3. The molecular weight excluding hydrogens is 438 g/mol. The first-order valence-electron chi connectivity index (χ1n) is 12.5. The molecule has 1 heterocycles. The van der Waals surface area contributed by atoms with Gasteiger partial charge in [0.05, 0.1) is 0 Å². The molecule has 3 aromatic rings. The predicted octanol–water partition coefficient (Wildman–Crippen LogP) is 5.83. The van der Waals surface area contributed by atoms with Crippen molar-refractivity contribution >= 4 is 23.1 Å².